The summed E-state index contributed by atoms with van der Waals surface area (Å²) in [6.07, 6.45) is -3.94. The third-order valence-electron chi connectivity index (χ3n) is 5.72. The van der Waals surface area contributed by atoms with Gasteiger partial charge < -0.3 is 11.1 Å². The van der Waals surface area contributed by atoms with Crippen LogP contribution in [0.5, 0.6) is 0 Å². The fourth-order valence-corrected chi connectivity index (χ4v) is 5.21. The molecule has 0 unspecified atom stereocenters. The number of anilines is 1. The number of likely N-dealkylation sites (N-methyl/N-ethyl adjacent to an activating group) is 1. The molecule has 34 heavy (non-hydrogen) atoms. The molecule has 0 saturated heterocycles. The van der Waals surface area contributed by atoms with Gasteiger partial charge in [0.25, 0.3) is 5.91 Å². The van der Waals surface area contributed by atoms with Crippen molar-refractivity contribution in [3.05, 3.63) is 47.0 Å². The summed E-state index contributed by atoms with van der Waals surface area (Å²) < 4.78 is 80.6. The summed E-state index contributed by atoms with van der Waals surface area (Å²) >= 11 is 0. The van der Waals surface area contributed by atoms with Crippen LogP contribution in [0.3, 0.4) is 0 Å². The van der Waals surface area contributed by atoms with E-state index in [1.165, 1.54) is 40.9 Å². The van der Waals surface area contributed by atoms with Crippen LogP contribution in [0.1, 0.15) is 42.4 Å². The first-order valence-corrected chi connectivity index (χ1v) is 11.4. The lowest BCUT2D eigenvalue weighted by molar-refractivity contribution is -0.141. The average molecular weight is 505 g/mol. The van der Waals surface area contributed by atoms with Gasteiger partial charge in [-0.25, -0.2) is 17.1 Å². The number of aromatic nitrogens is 2. The molecule has 3 N–H and O–H groups in total. The lowest BCUT2D eigenvalue weighted by Gasteiger charge is -2.29. The van der Waals surface area contributed by atoms with E-state index >= 15 is 0 Å². The van der Waals surface area contributed by atoms with Gasteiger partial charge in [-0.2, -0.15) is 18.3 Å². The number of amides is 1. The van der Waals surface area contributed by atoms with Gasteiger partial charge in [0, 0.05) is 38.1 Å². The molecule has 1 aliphatic heterocycles. The summed E-state index contributed by atoms with van der Waals surface area (Å²) in [4.78, 5) is 16.9. The number of nitrogens with zero attached hydrogens (tertiary/aromatic N) is 4. The van der Waals surface area contributed by atoms with E-state index < -0.39 is 49.5 Å². The normalized spacial score (nSPS) is 22.7. The molecule has 3 rings (SSSR count). The molecule has 0 saturated carbocycles. The number of halogens is 4. The Hall–Kier alpha value is -3.00. The molecule has 0 aliphatic carbocycles. The maximum atomic E-state index is 14.9. The Bertz CT molecular complexity index is 1290. The third kappa shape index (κ3) is 4.27. The SMILES string of the molecule is CN1C[C@@](C)(c2cc(NC(=O)c3cn(C)nc3C(F)(F)F)ccc2F)N=C(N)C(C)(C)S1(=O)=O. The van der Waals surface area contributed by atoms with Crippen LogP contribution in [-0.2, 0) is 28.8 Å². The van der Waals surface area contributed by atoms with E-state index in [4.69, 9.17) is 5.73 Å². The number of amidine groups is 1. The predicted octanol–water partition coefficient (Wildman–Crippen LogP) is 2.46. The Balaban J connectivity index is 2.04. The Morgan fingerprint density at radius 2 is 1.82 bits per heavy atom. The van der Waals surface area contributed by atoms with E-state index in [2.05, 4.69) is 15.4 Å². The first-order valence-electron chi connectivity index (χ1n) is 9.94. The second-order valence-corrected chi connectivity index (χ2v) is 11.3. The summed E-state index contributed by atoms with van der Waals surface area (Å²) in [6, 6.07) is 3.35. The van der Waals surface area contributed by atoms with Gasteiger partial charge in [0.2, 0.25) is 10.0 Å². The van der Waals surface area contributed by atoms with E-state index in [0.717, 1.165) is 27.3 Å². The molecule has 9 nitrogen and oxygen atoms in total. The second kappa shape index (κ2) is 8.05. The Labute approximate surface area is 193 Å². The van der Waals surface area contributed by atoms with Gasteiger partial charge in [0.05, 0.1) is 5.56 Å². The molecular formula is C20H24F4N6O3S. The Morgan fingerprint density at radius 3 is 2.41 bits per heavy atom. The van der Waals surface area contributed by atoms with Gasteiger partial charge in [0.15, 0.2) is 5.69 Å². The van der Waals surface area contributed by atoms with E-state index in [-0.39, 0.29) is 23.6 Å². The molecule has 0 fully saturated rings. The second-order valence-electron chi connectivity index (χ2n) is 8.75. The number of aliphatic imine (C=N–C) groups is 1. The number of benzene rings is 1. The van der Waals surface area contributed by atoms with Crippen molar-refractivity contribution in [1.29, 1.82) is 0 Å². The zero-order valence-corrected chi connectivity index (χ0v) is 19.8. The maximum absolute atomic E-state index is 14.9. The molecule has 1 atom stereocenters. The minimum Gasteiger partial charge on any atom is -0.386 e. The Morgan fingerprint density at radius 1 is 1.21 bits per heavy atom. The van der Waals surface area contributed by atoms with Gasteiger partial charge in [0.1, 0.15) is 21.9 Å². The minimum atomic E-state index is -4.86. The quantitative estimate of drug-likeness (QED) is 0.622. The number of nitrogens with two attached hydrogens (primary N) is 1. The number of sulfonamides is 1. The van der Waals surface area contributed by atoms with Crippen LogP contribution in [0.15, 0.2) is 29.4 Å². The zero-order chi connectivity index (χ0) is 25.9. The van der Waals surface area contributed by atoms with E-state index in [1.54, 1.807) is 0 Å². The molecule has 1 aromatic carbocycles. The number of hydrogen-bond donors (Lipinski definition) is 2. The number of aryl methyl sites for hydroxylation is 1. The number of carbonyl (C=O) groups excluding carboxylic acids is 1. The monoisotopic (exact) mass is 504 g/mol. The van der Waals surface area contributed by atoms with Crippen LogP contribution in [0.2, 0.25) is 0 Å². The zero-order valence-electron chi connectivity index (χ0n) is 19.0. The fourth-order valence-electron chi connectivity index (χ4n) is 3.70. The van der Waals surface area contributed by atoms with E-state index in [1.807, 2.05) is 0 Å². The van der Waals surface area contributed by atoms with Crippen LogP contribution in [0.25, 0.3) is 0 Å². The van der Waals surface area contributed by atoms with Crippen molar-refractivity contribution in [1.82, 2.24) is 14.1 Å². The van der Waals surface area contributed by atoms with Crippen molar-refractivity contribution in [2.45, 2.75) is 37.2 Å². The first-order chi connectivity index (χ1) is 15.4. The number of nitrogens with one attached hydrogen (secondary N) is 1. The molecule has 14 heteroatoms. The molecule has 1 aromatic heterocycles. The van der Waals surface area contributed by atoms with Crippen molar-refractivity contribution >= 4 is 27.5 Å². The highest BCUT2D eigenvalue weighted by atomic mass is 32.2. The van der Waals surface area contributed by atoms with Gasteiger partial charge in [-0.05, 0) is 39.0 Å². The number of hydrogen-bond acceptors (Lipinski definition) is 6. The molecule has 2 aromatic rings. The average Bonchev–Trinajstić information content (AvgIpc) is 3.09. The van der Waals surface area contributed by atoms with Gasteiger partial charge >= 0.3 is 6.18 Å². The molecule has 0 spiro atoms. The van der Waals surface area contributed by atoms with Crippen LogP contribution in [0.4, 0.5) is 23.2 Å². The predicted molar refractivity (Wildman–Crippen MR) is 117 cm³/mol. The van der Waals surface area contributed by atoms with Crippen LogP contribution in [-0.4, -0.2) is 52.6 Å². The van der Waals surface area contributed by atoms with Crippen molar-refractivity contribution in [3.63, 3.8) is 0 Å². The summed E-state index contributed by atoms with van der Waals surface area (Å²) in [7, 11) is -1.38. The fraction of sp³-hybridized carbons (Fsp3) is 0.450. The Kier molecular flexibility index (Phi) is 6.06. The maximum Gasteiger partial charge on any atom is 0.435 e. The van der Waals surface area contributed by atoms with Crippen LogP contribution >= 0.6 is 0 Å². The third-order valence-corrected chi connectivity index (χ3v) is 8.16. The summed E-state index contributed by atoms with van der Waals surface area (Å²) in [5, 5.41) is 5.60. The van der Waals surface area contributed by atoms with E-state index in [0.29, 0.717) is 0 Å². The van der Waals surface area contributed by atoms with Crippen molar-refractivity contribution in [3.8, 4) is 0 Å². The molecule has 1 amide bonds. The lowest BCUT2D eigenvalue weighted by Crippen LogP contribution is -2.50. The van der Waals surface area contributed by atoms with Gasteiger partial charge in [-0.3, -0.25) is 14.5 Å². The van der Waals surface area contributed by atoms with Crippen LogP contribution in [0, 0.1) is 5.82 Å². The van der Waals surface area contributed by atoms with Crippen molar-refractivity contribution in [2.24, 2.45) is 17.8 Å². The molecule has 2 heterocycles. The number of alkyl halides is 3. The minimum absolute atomic E-state index is 0.0256. The summed E-state index contributed by atoms with van der Waals surface area (Å²) in [5.41, 5.74) is 2.31. The van der Waals surface area contributed by atoms with Crippen molar-refractivity contribution in [2.75, 3.05) is 18.9 Å². The lowest BCUT2D eigenvalue weighted by atomic mass is 9.91. The molecule has 186 valence electrons. The highest BCUT2D eigenvalue weighted by Gasteiger charge is 2.48. The largest absolute Gasteiger partial charge is 0.435 e. The number of carbonyl (C=O) groups is 1. The molecule has 0 bridgehead atoms. The molecule has 0 radical (unpaired) electrons. The topological polar surface area (TPSA) is 123 Å². The number of rotatable bonds is 3. The molecule has 1 aliphatic rings. The highest BCUT2D eigenvalue weighted by molar-refractivity contribution is 7.91. The van der Waals surface area contributed by atoms with Gasteiger partial charge in [-0.15, -0.1) is 0 Å². The van der Waals surface area contributed by atoms with Crippen LogP contribution < -0.4 is 11.1 Å². The molecular weight excluding hydrogens is 480 g/mol. The first kappa shape index (κ1) is 25.6. The summed E-state index contributed by atoms with van der Waals surface area (Å²) in [6.45, 7) is 3.96. The highest BCUT2D eigenvalue weighted by Crippen LogP contribution is 2.37. The smallest absolute Gasteiger partial charge is 0.386 e. The summed E-state index contributed by atoms with van der Waals surface area (Å²) in [5.74, 6) is -2.11. The standard InChI is InChI=1S/C20H24F4N6O3S/c1-18(2)17(25)27-19(3,10-30(5)34(18,32)33)13-8-11(6-7-14(13)21)26-16(31)12-9-29(4)28-15(12)20(22,23)24/h6-9H,10H2,1-5H3,(H2,25,27)(H,26,31)/t19-/m0/s1. The van der Waals surface area contributed by atoms with E-state index in [9.17, 15) is 30.8 Å². The van der Waals surface area contributed by atoms with Crippen molar-refractivity contribution < 1.29 is 30.8 Å². The van der Waals surface area contributed by atoms with Gasteiger partial charge in [-0.1, -0.05) is 0 Å².